The summed E-state index contributed by atoms with van der Waals surface area (Å²) >= 11 is 11.8. The average molecular weight is 394 g/mol. The highest BCUT2D eigenvalue weighted by atomic mass is 35.5. The minimum atomic E-state index is -0.707. The number of ether oxygens (including phenoxy) is 2. The summed E-state index contributed by atoms with van der Waals surface area (Å²) in [5.74, 6) is -0.169. The van der Waals surface area contributed by atoms with Crippen LogP contribution < -0.4 is 16.1 Å². The van der Waals surface area contributed by atoms with E-state index in [1.165, 1.54) is 25.3 Å². The van der Waals surface area contributed by atoms with Gasteiger partial charge in [0.1, 0.15) is 17.9 Å². The number of methoxy groups -OCH3 is 1. The molecule has 3 aromatic rings. The quantitative estimate of drug-likeness (QED) is 0.408. The van der Waals surface area contributed by atoms with Crippen LogP contribution in [0.3, 0.4) is 0 Å². The van der Waals surface area contributed by atoms with E-state index in [0.29, 0.717) is 22.3 Å². The van der Waals surface area contributed by atoms with Gasteiger partial charge in [-0.2, -0.15) is 0 Å². The Morgan fingerprint density at radius 2 is 1.96 bits per heavy atom. The number of hydrogen-bond donors (Lipinski definition) is 1. The van der Waals surface area contributed by atoms with Gasteiger partial charge in [-0.3, -0.25) is 0 Å². The van der Waals surface area contributed by atoms with Crippen LogP contribution in [0, 0.1) is 0 Å². The van der Waals surface area contributed by atoms with E-state index in [1.54, 1.807) is 18.2 Å². The van der Waals surface area contributed by atoms with Crippen molar-refractivity contribution in [2.75, 3.05) is 12.8 Å². The van der Waals surface area contributed by atoms with Crippen LogP contribution in [0.4, 0.5) is 5.69 Å². The molecular formula is C18H13Cl2NO5. The Labute approximate surface area is 158 Å². The maximum Gasteiger partial charge on any atom is 0.340 e. The predicted molar refractivity (Wildman–Crippen MR) is 99.0 cm³/mol. The summed E-state index contributed by atoms with van der Waals surface area (Å²) in [6.07, 6.45) is 0. The molecule has 1 heterocycles. The van der Waals surface area contributed by atoms with Gasteiger partial charge in [0, 0.05) is 28.1 Å². The smallest absolute Gasteiger partial charge is 0.340 e. The highest BCUT2D eigenvalue weighted by Crippen LogP contribution is 2.29. The Hall–Kier alpha value is -2.70. The molecule has 2 aromatic carbocycles. The Morgan fingerprint density at radius 1 is 1.19 bits per heavy atom. The summed E-state index contributed by atoms with van der Waals surface area (Å²) in [7, 11) is 1.51. The molecule has 0 unspecified atom stereocenters. The lowest BCUT2D eigenvalue weighted by Gasteiger charge is -2.10. The van der Waals surface area contributed by atoms with Gasteiger partial charge in [0.15, 0.2) is 0 Å². The van der Waals surface area contributed by atoms with Crippen molar-refractivity contribution in [1.29, 1.82) is 0 Å². The van der Waals surface area contributed by atoms with Gasteiger partial charge in [0.05, 0.1) is 23.4 Å². The topological polar surface area (TPSA) is 91.8 Å². The van der Waals surface area contributed by atoms with Gasteiger partial charge in [-0.1, -0.05) is 23.2 Å². The number of halogens is 2. The first-order valence-corrected chi connectivity index (χ1v) is 8.17. The van der Waals surface area contributed by atoms with E-state index in [0.717, 1.165) is 0 Å². The Bertz CT molecular complexity index is 1060. The summed E-state index contributed by atoms with van der Waals surface area (Å²) in [4.78, 5) is 24.1. The van der Waals surface area contributed by atoms with Crippen molar-refractivity contribution in [3.63, 3.8) is 0 Å². The number of benzene rings is 2. The molecule has 0 fully saturated rings. The number of nitrogens with two attached hydrogens (primary N) is 1. The van der Waals surface area contributed by atoms with E-state index in [9.17, 15) is 9.59 Å². The van der Waals surface area contributed by atoms with Gasteiger partial charge in [0.25, 0.3) is 0 Å². The molecule has 0 aliphatic rings. The third-order valence-corrected chi connectivity index (χ3v) is 4.24. The molecular weight excluding hydrogens is 381 g/mol. The number of esters is 1. The standard InChI is InChI=1S/C18H13Cl2NO5/c1-24-11-2-3-12-9(4-16(22)26-15(12)7-11)8-25-18(23)13-5-10(19)6-14(20)17(13)21/h2-7H,8,21H2,1H3. The Morgan fingerprint density at radius 3 is 2.69 bits per heavy atom. The summed E-state index contributed by atoms with van der Waals surface area (Å²) in [5.41, 5.74) is 6.17. The molecule has 0 bridgehead atoms. The van der Waals surface area contributed by atoms with Gasteiger partial charge in [-0.05, 0) is 24.3 Å². The van der Waals surface area contributed by atoms with Crippen LogP contribution in [0.5, 0.6) is 5.75 Å². The van der Waals surface area contributed by atoms with Crippen molar-refractivity contribution in [2.24, 2.45) is 0 Å². The third-order valence-electron chi connectivity index (χ3n) is 3.71. The number of carbonyl (C=O) groups is 1. The number of nitrogen functional groups attached to an aromatic ring is 1. The molecule has 0 saturated heterocycles. The van der Waals surface area contributed by atoms with Crippen molar-refractivity contribution in [3.05, 3.63) is 68.0 Å². The molecule has 0 saturated carbocycles. The SMILES string of the molecule is COc1ccc2c(COC(=O)c3cc(Cl)cc(Cl)c3N)cc(=O)oc2c1. The summed E-state index contributed by atoms with van der Waals surface area (Å²) in [5, 5.41) is 1.03. The van der Waals surface area contributed by atoms with Crippen LogP contribution in [0.15, 0.2) is 45.6 Å². The molecule has 0 radical (unpaired) electrons. The zero-order chi connectivity index (χ0) is 18.8. The fourth-order valence-electron chi connectivity index (χ4n) is 2.43. The zero-order valence-corrected chi connectivity index (χ0v) is 15.1. The molecule has 26 heavy (non-hydrogen) atoms. The second-order valence-electron chi connectivity index (χ2n) is 5.38. The fourth-order valence-corrected chi connectivity index (χ4v) is 2.92. The molecule has 0 atom stereocenters. The van der Waals surface area contributed by atoms with Gasteiger partial charge >= 0.3 is 11.6 Å². The largest absolute Gasteiger partial charge is 0.497 e. The number of anilines is 1. The van der Waals surface area contributed by atoms with E-state index in [-0.39, 0.29) is 27.9 Å². The second kappa shape index (κ2) is 7.27. The Balaban J connectivity index is 1.90. The van der Waals surface area contributed by atoms with Crippen molar-refractivity contribution in [3.8, 4) is 5.75 Å². The molecule has 8 heteroatoms. The average Bonchev–Trinajstić information content (AvgIpc) is 2.61. The second-order valence-corrected chi connectivity index (χ2v) is 6.22. The monoisotopic (exact) mass is 393 g/mol. The van der Waals surface area contributed by atoms with Gasteiger partial charge in [0.2, 0.25) is 0 Å². The fraction of sp³-hybridized carbons (Fsp3) is 0.111. The lowest BCUT2D eigenvalue weighted by molar-refractivity contribution is 0.0475. The molecule has 3 rings (SSSR count). The van der Waals surface area contributed by atoms with Gasteiger partial charge in [-0.25, -0.2) is 9.59 Å². The van der Waals surface area contributed by atoms with Crippen LogP contribution in [0.2, 0.25) is 10.0 Å². The number of carbonyl (C=O) groups excluding carboxylic acids is 1. The summed E-state index contributed by atoms with van der Waals surface area (Å²) in [6, 6.07) is 9.06. The van der Waals surface area contributed by atoms with E-state index in [1.807, 2.05) is 0 Å². The van der Waals surface area contributed by atoms with E-state index in [4.69, 9.17) is 42.8 Å². The van der Waals surface area contributed by atoms with Crippen LogP contribution in [-0.2, 0) is 11.3 Å². The highest BCUT2D eigenvalue weighted by Gasteiger charge is 2.16. The van der Waals surface area contributed by atoms with Crippen LogP contribution in [0.1, 0.15) is 15.9 Å². The summed E-state index contributed by atoms with van der Waals surface area (Å²) in [6.45, 7) is -0.156. The maximum atomic E-state index is 12.3. The lowest BCUT2D eigenvalue weighted by atomic mass is 10.1. The predicted octanol–water partition coefficient (Wildman–Crippen LogP) is 4.05. The van der Waals surface area contributed by atoms with E-state index < -0.39 is 11.6 Å². The van der Waals surface area contributed by atoms with Crippen molar-refractivity contribution >= 4 is 45.8 Å². The number of fused-ring (bicyclic) bond motifs is 1. The molecule has 6 nitrogen and oxygen atoms in total. The molecule has 0 aliphatic heterocycles. The van der Waals surface area contributed by atoms with E-state index in [2.05, 4.69) is 0 Å². The minimum absolute atomic E-state index is 0.0523. The molecule has 0 amide bonds. The van der Waals surface area contributed by atoms with Gasteiger partial charge < -0.3 is 19.6 Å². The van der Waals surface area contributed by atoms with Crippen LogP contribution in [-0.4, -0.2) is 13.1 Å². The maximum absolute atomic E-state index is 12.3. The summed E-state index contributed by atoms with van der Waals surface area (Å²) < 4.78 is 15.5. The minimum Gasteiger partial charge on any atom is -0.497 e. The number of hydrogen-bond acceptors (Lipinski definition) is 6. The molecule has 134 valence electrons. The first-order chi connectivity index (χ1) is 12.4. The zero-order valence-electron chi connectivity index (χ0n) is 13.5. The molecule has 0 spiro atoms. The van der Waals surface area contributed by atoms with E-state index >= 15 is 0 Å². The normalized spacial score (nSPS) is 10.7. The highest BCUT2D eigenvalue weighted by molar-refractivity contribution is 6.37. The van der Waals surface area contributed by atoms with Crippen molar-refractivity contribution in [2.45, 2.75) is 6.61 Å². The lowest BCUT2D eigenvalue weighted by Crippen LogP contribution is -2.10. The van der Waals surface area contributed by atoms with Gasteiger partial charge in [-0.15, -0.1) is 0 Å². The first-order valence-electron chi connectivity index (χ1n) is 7.41. The van der Waals surface area contributed by atoms with Crippen molar-refractivity contribution < 1.29 is 18.7 Å². The third kappa shape index (κ3) is 3.61. The molecule has 0 aliphatic carbocycles. The van der Waals surface area contributed by atoms with Crippen LogP contribution >= 0.6 is 23.2 Å². The molecule has 2 N–H and O–H groups in total. The number of rotatable bonds is 4. The van der Waals surface area contributed by atoms with Crippen molar-refractivity contribution in [1.82, 2.24) is 0 Å². The van der Waals surface area contributed by atoms with Crippen LogP contribution in [0.25, 0.3) is 11.0 Å². The first kappa shape index (κ1) is 18.1. The Kier molecular flexibility index (Phi) is 5.06. The molecule has 1 aromatic heterocycles.